The summed E-state index contributed by atoms with van der Waals surface area (Å²) >= 11 is 7.86. The summed E-state index contributed by atoms with van der Waals surface area (Å²) in [6.45, 7) is 5.01. The van der Waals surface area contributed by atoms with E-state index in [2.05, 4.69) is 18.8 Å². The lowest BCUT2D eigenvalue weighted by Crippen LogP contribution is -2.48. The second-order valence-corrected chi connectivity index (χ2v) is 6.00. The van der Waals surface area contributed by atoms with E-state index in [1.54, 1.807) is 18.3 Å². The Balaban J connectivity index is 2.23. The van der Waals surface area contributed by atoms with E-state index in [4.69, 9.17) is 11.6 Å². The number of rotatable bonds is 1. The summed E-state index contributed by atoms with van der Waals surface area (Å²) in [5, 5.41) is 0.749. The van der Waals surface area contributed by atoms with E-state index in [1.807, 2.05) is 16.7 Å². The van der Waals surface area contributed by atoms with Crippen LogP contribution >= 0.6 is 23.4 Å². The lowest BCUT2D eigenvalue weighted by atomic mass is 10.1. The Bertz CT molecular complexity index is 427. The molecule has 0 N–H and O–H groups in total. The quantitative estimate of drug-likeness (QED) is 0.736. The van der Waals surface area contributed by atoms with Crippen LogP contribution in [0.4, 0.5) is 0 Å². The van der Waals surface area contributed by atoms with Crippen molar-refractivity contribution in [2.24, 2.45) is 0 Å². The Morgan fingerprint density at radius 3 is 3.06 bits per heavy atom. The number of pyridine rings is 1. The molecule has 17 heavy (non-hydrogen) atoms. The number of amides is 1. The van der Waals surface area contributed by atoms with E-state index in [9.17, 15) is 4.79 Å². The Hall–Kier alpha value is -0.740. The predicted molar refractivity (Wildman–Crippen MR) is 71.7 cm³/mol. The largest absolute Gasteiger partial charge is 0.334 e. The highest BCUT2D eigenvalue weighted by Gasteiger charge is 2.30. The van der Waals surface area contributed by atoms with Gasteiger partial charge in [0, 0.05) is 29.8 Å². The van der Waals surface area contributed by atoms with E-state index in [0.29, 0.717) is 10.8 Å². The van der Waals surface area contributed by atoms with Gasteiger partial charge in [0.2, 0.25) is 0 Å². The molecule has 1 aromatic heterocycles. The summed E-state index contributed by atoms with van der Waals surface area (Å²) in [6, 6.07) is 3.71. The van der Waals surface area contributed by atoms with Crippen molar-refractivity contribution in [2.75, 3.05) is 12.3 Å². The van der Waals surface area contributed by atoms with Gasteiger partial charge in [0.25, 0.3) is 5.91 Å². The SMILES string of the molecule is CC1SCCN(C(=O)c2cccnc2Cl)C1C. The maximum atomic E-state index is 12.4. The summed E-state index contributed by atoms with van der Waals surface area (Å²) in [5.74, 6) is 0.970. The fourth-order valence-corrected chi connectivity index (χ4v) is 3.22. The molecule has 1 aromatic rings. The van der Waals surface area contributed by atoms with Crippen molar-refractivity contribution in [1.82, 2.24) is 9.88 Å². The molecule has 2 heterocycles. The second-order valence-electron chi connectivity index (χ2n) is 4.16. The minimum absolute atomic E-state index is 0.0113. The van der Waals surface area contributed by atoms with Crippen molar-refractivity contribution in [3.05, 3.63) is 29.0 Å². The highest BCUT2D eigenvalue weighted by molar-refractivity contribution is 8.00. The molecule has 1 amide bonds. The van der Waals surface area contributed by atoms with E-state index in [-0.39, 0.29) is 17.1 Å². The maximum absolute atomic E-state index is 12.4. The molecule has 1 aliphatic rings. The van der Waals surface area contributed by atoms with E-state index < -0.39 is 0 Å². The normalized spacial score (nSPS) is 24.8. The van der Waals surface area contributed by atoms with E-state index in [1.165, 1.54) is 0 Å². The molecule has 2 unspecified atom stereocenters. The van der Waals surface area contributed by atoms with Crippen LogP contribution in [-0.2, 0) is 0 Å². The molecule has 3 nitrogen and oxygen atoms in total. The van der Waals surface area contributed by atoms with Gasteiger partial charge in [-0.1, -0.05) is 18.5 Å². The van der Waals surface area contributed by atoms with Gasteiger partial charge in [-0.25, -0.2) is 4.98 Å². The summed E-state index contributed by atoms with van der Waals surface area (Å²) in [4.78, 5) is 18.2. The van der Waals surface area contributed by atoms with Crippen LogP contribution in [0.15, 0.2) is 18.3 Å². The van der Waals surface area contributed by atoms with Gasteiger partial charge in [-0.15, -0.1) is 0 Å². The van der Waals surface area contributed by atoms with Gasteiger partial charge in [0.1, 0.15) is 5.15 Å². The lowest BCUT2D eigenvalue weighted by molar-refractivity contribution is 0.0698. The van der Waals surface area contributed by atoms with Crippen molar-refractivity contribution in [1.29, 1.82) is 0 Å². The molecule has 0 saturated carbocycles. The van der Waals surface area contributed by atoms with Crippen molar-refractivity contribution in [2.45, 2.75) is 25.1 Å². The van der Waals surface area contributed by atoms with Crippen LogP contribution in [0.1, 0.15) is 24.2 Å². The standard InChI is InChI=1S/C12H15ClN2OS/c1-8-9(2)17-7-6-15(8)12(16)10-4-3-5-14-11(10)13/h3-5,8-9H,6-7H2,1-2H3. The monoisotopic (exact) mass is 270 g/mol. The first-order valence-corrected chi connectivity index (χ1v) is 7.07. The second kappa shape index (κ2) is 5.27. The number of hydrogen-bond donors (Lipinski definition) is 0. The number of hydrogen-bond acceptors (Lipinski definition) is 3. The third-order valence-electron chi connectivity index (χ3n) is 3.13. The van der Waals surface area contributed by atoms with Crippen molar-refractivity contribution in [3.63, 3.8) is 0 Å². The number of thioether (sulfide) groups is 1. The zero-order valence-corrected chi connectivity index (χ0v) is 11.5. The van der Waals surface area contributed by atoms with Gasteiger partial charge < -0.3 is 4.90 Å². The fourth-order valence-electron chi connectivity index (χ4n) is 1.92. The number of aromatic nitrogens is 1. The molecule has 2 atom stereocenters. The van der Waals surface area contributed by atoms with Gasteiger partial charge >= 0.3 is 0 Å². The average Bonchev–Trinajstić information content (AvgIpc) is 2.32. The molecular formula is C12H15ClN2OS. The summed E-state index contributed by atoms with van der Waals surface area (Å²) in [5.41, 5.74) is 0.500. The van der Waals surface area contributed by atoms with Crippen LogP contribution in [0.25, 0.3) is 0 Å². The van der Waals surface area contributed by atoms with Crippen LogP contribution in [-0.4, -0.2) is 39.4 Å². The Labute approximate surface area is 111 Å². The smallest absolute Gasteiger partial charge is 0.257 e. The average molecular weight is 271 g/mol. The summed E-state index contributed by atoms with van der Waals surface area (Å²) < 4.78 is 0. The topological polar surface area (TPSA) is 33.2 Å². The first-order valence-electron chi connectivity index (χ1n) is 5.64. The van der Waals surface area contributed by atoms with E-state index in [0.717, 1.165) is 12.3 Å². The summed E-state index contributed by atoms with van der Waals surface area (Å²) in [6.07, 6.45) is 1.59. The van der Waals surface area contributed by atoms with Gasteiger partial charge in [0.15, 0.2) is 0 Å². The van der Waals surface area contributed by atoms with Crippen LogP contribution < -0.4 is 0 Å². The first-order chi connectivity index (χ1) is 8.11. The molecule has 2 rings (SSSR count). The van der Waals surface area contributed by atoms with Crippen molar-refractivity contribution >= 4 is 29.3 Å². The van der Waals surface area contributed by atoms with Crippen LogP contribution in [0.2, 0.25) is 5.15 Å². The molecule has 92 valence electrons. The lowest BCUT2D eigenvalue weighted by Gasteiger charge is -2.37. The predicted octanol–water partition coefficient (Wildman–Crippen LogP) is 2.70. The zero-order valence-electron chi connectivity index (χ0n) is 9.89. The van der Waals surface area contributed by atoms with Gasteiger partial charge in [-0.3, -0.25) is 4.79 Å². The molecular weight excluding hydrogens is 256 g/mol. The Kier molecular flexibility index (Phi) is 3.94. The highest BCUT2D eigenvalue weighted by Crippen LogP contribution is 2.26. The third kappa shape index (κ3) is 2.58. The summed E-state index contributed by atoms with van der Waals surface area (Å²) in [7, 11) is 0. The third-order valence-corrected chi connectivity index (χ3v) is 4.77. The molecule has 5 heteroatoms. The highest BCUT2D eigenvalue weighted by atomic mass is 35.5. The van der Waals surface area contributed by atoms with Gasteiger partial charge in [-0.05, 0) is 19.1 Å². The Morgan fingerprint density at radius 2 is 2.35 bits per heavy atom. The minimum atomic E-state index is -0.0113. The van der Waals surface area contributed by atoms with Crippen molar-refractivity contribution in [3.8, 4) is 0 Å². The van der Waals surface area contributed by atoms with Gasteiger partial charge in [-0.2, -0.15) is 11.8 Å². The number of carbonyl (C=O) groups excluding carboxylic acids is 1. The molecule has 1 saturated heterocycles. The fraction of sp³-hybridized carbons (Fsp3) is 0.500. The maximum Gasteiger partial charge on any atom is 0.257 e. The molecule has 0 spiro atoms. The van der Waals surface area contributed by atoms with Crippen LogP contribution in [0.5, 0.6) is 0 Å². The first kappa shape index (κ1) is 12.7. The molecule has 0 radical (unpaired) electrons. The number of nitrogens with zero attached hydrogens (tertiary/aromatic N) is 2. The van der Waals surface area contributed by atoms with Gasteiger partial charge in [0.05, 0.1) is 5.56 Å². The molecule has 0 aliphatic carbocycles. The number of halogens is 1. The molecule has 1 fully saturated rings. The van der Waals surface area contributed by atoms with Crippen LogP contribution in [0.3, 0.4) is 0 Å². The minimum Gasteiger partial charge on any atom is -0.334 e. The molecule has 0 bridgehead atoms. The molecule has 0 aromatic carbocycles. The molecule has 1 aliphatic heterocycles. The Morgan fingerprint density at radius 1 is 1.59 bits per heavy atom. The van der Waals surface area contributed by atoms with Crippen LogP contribution in [0, 0.1) is 0 Å². The number of carbonyl (C=O) groups is 1. The zero-order chi connectivity index (χ0) is 12.4. The van der Waals surface area contributed by atoms with Crippen molar-refractivity contribution < 1.29 is 4.79 Å². The van der Waals surface area contributed by atoms with E-state index >= 15 is 0 Å².